The van der Waals surface area contributed by atoms with Crippen LogP contribution in [0, 0.1) is 0 Å². The van der Waals surface area contributed by atoms with Crippen molar-refractivity contribution in [3.63, 3.8) is 0 Å². The fraction of sp³-hybridized carbons (Fsp3) is 0.467. The van der Waals surface area contributed by atoms with E-state index >= 15 is 0 Å². The van der Waals surface area contributed by atoms with E-state index in [2.05, 4.69) is 35.3 Å². The Bertz CT molecular complexity index is 565. The summed E-state index contributed by atoms with van der Waals surface area (Å²) in [5.74, 6) is 0.783. The molecule has 0 saturated carbocycles. The molecule has 1 unspecified atom stereocenters. The molecule has 2 aromatic heterocycles. The van der Waals surface area contributed by atoms with Crippen molar-refractivity contribution in [1.29, 1.82) is 0 Å². The van der Waals surface area contributed by atoms with E-state index in [1.54, 1.807) is 13.3 Å². The SMILES string of the molecule is CCNC(c1ncccc1CC)c1c(OC)cnn1C. The molecule has 2 rings (SSSR count). The molecular weight excluding hydrogens is 252 g/mol. The first kappa shape index (κ1) is 14.5. The van der Waals surface area contributed by atoms with Crippen LogP contribution in [0.25, 0.3) is 0 Å². The second-order valence-electron chi connectivity index (χ2n) is 4.61. The number of nitrogens with zero attached hydrogens (tertiary/aromatic N) is 3. The Morgan fingerprint density at radius 1 is 1.40 bits per heavy atom. The predicted octanol–water partition coefficient (Wildman–Crippen LogP) is 2.08. The first-order valence-corrected chi connectivity index (χ1v) is 6.95. The Labute approximate surface area is 120 Å². The molecule has 0 aliphatic heterocycles. The molecule has 20 heavy (non-hydrogen) atoms. The standard InChI is InChI=1S/C15H22N4O/c1-5-11-8-7-9-17-13(11)14(16-6-2)15-12(20-4)10-18-19(15)3/h7-10,14,16H,5-6H2,1-4H3. The van der Waals surface area contributed by atoms with Crippen molar-refractivity contribution in [3.05, 3.63) is 41.5 Å². The fourth-order valence-corrected chi connectivity index (χ4v) is 2.45. The van der Waals surface area contributed by atoms with Crippen molar-refractivity contribution < 1.29 is 4.74 Å². The van der Waals surface area contributed by atoms with Crippen LogP contribution in [0.4, 0.5) is 0 Å². The summed E-state index contributed by atoms with van der Waals surface area (Å²) in [6.07, 6.45) is 4.53. The van der Waals surface area contributed by atoms with Gasteiger partial charge in [0.1, 0.15) is 5.69 Å². The van der Waals surface area contributed by atoms with E-state index in [4.69, 9.17) is 4.74 Å². The minimum absolute atomic E-state index is 0.0152. The summed E-state index contributed by atoms with van der Waals surface area (Å²) >= 11 is 0. The molecule has 108 valence electrons. The third-order valence-electron chi connectivity index (χ3n) is 3.43. The number of rotatable bonds is 6. The zero-order chi connectivity index (χ0) is 14.5. The zero-order valence-electron chi connectivity index (χ0n) is 12.6. The van der Waals surface area contributed by atoms with Crippen molar-refractivity contribution in [1.82, 2.24) is 20.1 Å². The van der Waals surface area contributed by atoms with Crippen molar-refractivity contribution in [2.45, 2.75) is 26.3 Å². The zero-order valence-corrected chi connectivity index (χ0v) is 12.6. The van der Waals surface area contributed by atoms with E-state index in [9.17, 15) is 0 Å². The van der Waals surface area contributed by atoms with Gasteiger partial charge in [-0.3, -0.25) is 9.67 Å². The Morgan fingerprint density at radius 2 is 2.20 bits per heavy atom. The van der Waals surface area contributed by atoms with Crippen LogP contribution in [0.2, 0.25) is 0 Å². The number of aryl methyl sites for hydroxylation is 2. The Balaban J connectivity index is 2.53. The van der Waals surface area contributed by atoms with Crippen molar-refractivity contribution in [2.24, 2.45) is 7.05 Å². The third-order valence-corrected chi connectivity index (χ3v) is 3.43. The lowest BCUT2D eigenvalue weighted by molar-refractivity contribution is 0.400. The van der Waals surface area contributed by atoms with Crippen molar-refractivity contribution >= 4 is 0 Å². The first-order valence-electron chi connectivity index (χ1n) is 6.95. The van der Waals surface area contributed by atoms with E-state index in [1.807, 2.05) is 24.0 Å². The maximum Gasteiger partial charge on any atom is 0.161 e. The summed E-state index contributed by atoms with van der Waals surface area (Å²) in [5, 5.41) is 7.78. The van der Waals surface area contributed by atoms with Gasteiger partial charge in [-0.15, -0.1) is 0 Å². The molecule has 5 nitrogen and oxygen atoms in total. The van der Waals surface area contributed by atoms with Crippen LogP contribution in [-0.4, -0.2) is 28.4 Å². The average molecular weight is 274 g/mol. The quantitative estimate of drug-likeness (QED) is 0.876. The Morgan fingerprint density at radius 3 is 2.85 bits per heavy atom. The predicted molar refractivity (Wildman–Crippen MR) is 78.9 cm³/mol. The van der Waals surface area contributed by atoms with Crippen LogP contribution < -0.4 is 10.1 Å². The topological polar surface area (TPSA) is 52.0 Å². The van der Waals surface area contributed by atoms with Crippen molar-refractivity contribution in [2.75, 3.05) is 13.7 Å². The highest BCUT2D eigenvalue weighted by atomic mass is 16.5. The monoisotopic (exact) mass is 274 g/mol. The fourth-order valence-electron chi connectivity index (χ4n) is 2.45. The second-order valence-corrected chi connectivity index (χ2v) is 4.61. The van der Waals surface area contributed by atoms with E-state index in [-0.39, 0.29) is 6.04 Å². The number of nitrogens with one attached hydrogen (secondary N) is 1. The minimum Gasteiger partial charge on any atom is -0.493 e. The van der Waals surface area contributed by atoms with Gasteiger partial charge in [0, 0.05) is 13.2 Å². The summed E-state index contributed by atoms with van der Waals surface area (Å²) in [5.41, 5.74) is 3.28. The third kappa shape index (κ3) is 2.67. The van der Waals surface area contributed by atoms with Crippen LogP contribution in [0.5, 0.6) is 5.75 Å². The lowest BCUT2D eigenvalue weighted by atomic mass is 10.0. The molecule has 0 spiro atoms. The molecule has 5 heteroatoms. The van der Waals surface area contributed by atoms with Crippen LogP contribution in [-0.2, 0) is 13.5 Å². The van der Waals surface area contributed by atoms with Crippen LogP contribution in [0.15, 0.2) is 24.5 Å². The van der Waals surface area contributed by atoms with Gasteiger partial charge in [0.2, 0.25) is 0 Å². The van der Waals surface area contributed by atoms with E-state index in [1.165, 1.54) is 5.56 Å². The molecule has 1 N–H and O–H groups in total. The first-order chi connectivity index (χ1) is 9.72. The number of hydrogen-bond acceptors (Lipinski definition) is 4. The largest absolute Gasteiger partial charge is 0.493 e. The number of aromatic nitrogens is 3. The van der Waals surface area contributed by atoms with Gasteiger partial charge in [0.25, 0.3) is 0 Å². The number of pyridine rings is 1. The molecule has 1 atom stereocenters. The molecular formula is C15H22N4O. The molecule has 2 aromatic rings. The summed E-state index contributed by atoms with van der Waals surface area (Å²) in [6, 6.07) is 4.08. The van der Waals surface area contributed by atoms with E-state index in [0.717, 1.165) is 30.1 Å². The molecule has 0 amide bonds. The molecule has 0 radical (unpaired) electrons. The summed E-state index contributed by atoms with van der Waals surface area (Å²) < 4.78 is 7.28. The number of hydrogen-bond donors (Lipinski definition) is 1. The smallest absolute Gasteiger partial charge is 0.161 e. The Kier molecular flexibility index (Phi) is 4.74. The lowest BCUT2D eigenvalue weighted by Gasteiger charge is -2.21. The molecule has 0 aliphatic carbocycles. The van der Waals surface area contributed by atoms with Crippen LogP contribution in [0.1, 0.15) is 36.8 Å². The van der Waals surface area contributed by atoms with Crippen LogP contribution >= 0.6 is 0 Å². The summed E-state index contributed by atoms with van der Waals surface area (Å²) in [4.78, 5) is 4.58. The molecule has 0 fully saturated rings. The highest BCUT2D eigenvalue weighted by molar-refractivity contribution is 5.37. The normalized spacial score (nSPS) is 12.4. The Hall–Kier alpha value is -1.88. The van der Waals surface area contributed by atoms with Gasteiger partial charge < -0.3 is 10.1 Å². The summed E-state index contributed by atoms with van der Waals surface area (Å²) in [6.45, 7) is 5.08. The maximum absolute atomic E-state index is 5.44. The lowest BCUT2D eigenvalue weighted by Crippen LogP contribution is -2.26. The van der Waals surface area contributed by atoms with Gasteiger partial charge in [0.15, 0.2) is 5.75 Å². The van der Waals surface area contributed by atoms with E-state index in [0.29, 0.717) is 0 Å². The maximum atomic E-state index is 5.44. The molecule has 2 heterocycles. The van der Waals surface area contributed by atoms with Gasteiger partial charge in [-0.05, 0) is 24.6 Å². The molecule has 0 aromatic carbocycles. The van der Waals surface area contributed by atoms with Gasteiger partial charge in [0.05, 0.1) is 25.0 Å². The summed E-state index contributed by atoms with van der Waals surface area (Å²) in [7, 11) is 3.60. The number of ether oxygens (including phenoxy) is 1. The highest BCUT2D eigenvalue weighted by Crippen LogP contribution is 2.30. The minimum atomic E-state index is -0.0152. The molecule has 0 aliphatic rings. The second kappa shape index (κ2) is 6.52. The molecule has 0 saturated heterocycles. The van der Waals surface area contributed by atoms with Crippen LogP contribution in [0.3, 0.4) is 0 Å². The number of methoxy groups -OCH3 is 1. The van der Waals surface area contributed by atoms with Gasteiger partial charge in [-0.1, -0.05) is 19.9 Å². The van der Waals surface area contributed by atoms with Crippen molar-refractivity contribution in [3.8, 4) is 5.75 Å². The van der Waals surface area contributed by atoms with Gasteiger partial charge in [-0.2, -0.15) is 5.10 Å². The van der Waals surface area contributed by atoms with Gasteiger partial charge in [-0.25, -0.2) is 0 Å². The van der Waals surface area contributed by atoms with E-state index < -0.39 is 0 Å². The molecule has 0 bridgehead atoms. The van der Waals surface area contributed by atoms with Gasteiger partial charge >= 0.3 is 0 Å². The highest BCUT2D eigenvalue weighted by Gasteiger charge is 2.24. The average Bonchev–Trinajstić information content (AvgIpc) is 2.85.